The summed E-state index contributed by atoms with van der Waals surface area (Å²) >= 11 is 3.04. The van der Waals surface area contributed by atoms with Gasteiger partial charge in [0, 0.05) is 12.1 Å². The molecular weight excluding hydrogens is 356 g/mol. The van der Waals surface area contributed by atoms with Crippen molar-refractivity contribution in [3.8, 4) is 0 Å². The minimum atomic E-state index is -0.640. The smallest absolute Gasteiger partial charge is 0.410 e. The van der Waals surface area contributed by atoms with Crippen LogP contribution in [-0.2, 0) is 11.3 Å². The number of hydrogen-bond acceptors (Lipinski definition) is 2. The molecule has 1 amide bonds. The lowest BCUT2D eigenvalue weighted by molar-refractivity contribution is 0.0229. The molecule has 0 radical (unpaired) electrons. The Morgan fingerprint density at radius 2 is 1.86 bits per heavy atom. The van der Waals surface area contributed by atoms with Gasteiger partial charge in [-0.25, -0.2) is 13.6 Å². The van der Waals surface area contributed by atoms with Gasteiger partial charge in [-0.2, -0.15) is 0 Å². The Labute approximate surface area is 138 Å². The summed E-state index contributed by atoms with van der Waals surface area (Å²) in [6.07, 6.45) is 1.11. The van der Waals surface area contributed by atoms with Crippen molar-refractivity contribution in [2.75, 3.05) is 6.54 Å². The van der Waals surface area contributed by atoms with E-state index < -0.39 is 23.3 Å². The molecule has 0 atom stereocenters. The maximum Gasteiger partial charge on any atom is 0.410 e. The summed E-state index contributed by atoms with van der Waals surface area (Å²) in [7, 11) is 0. The highest BCUT2D eigenvalue weighted by molar-refractivity contribution is 9.10. The summed E-state index contributed by atoms with van der Waals surface area (Å²) in [4.78, 5) is 13.6. The topological polar surface area (TPSA) is 29.5 Å². The predicted octanol–water partition coefficient (Wildman–Crippen LogP) is 5.26. The number of halogens is 3. The van der Waals surface area contributed by atoms with Crippen LogP contribution in [0.4, 0.5) is 13.6 Å². The Bertz CT molecular complexity index is 530. The molecule has 0 N–H and O–H groups in total. The SMILES string of the molecule is CCCCN(Cc1c(F)ccc(F)c1Br)C(=O)OC(C)(C)C. The predicted molar refractivity (Wildman–Crippen MR) is 85.6 cm³/mol. The van der Waals surface area contributed by atoms with Crippen LogP contribution in [0.2, 0.25) is 0 Å². The summed E-state index contributed by atoms with van der Waals surface area (Å²) in [5.41, 5.74) is -0.527. The number of benzene rings is 1. The third kappa shape index (κ3) is 5.55. The fourth-order valence-electron chi connectivity index (χ4n) is 1.82. The number of carbonyl (C=O) groups excluding carboxylic acids is 1. The maximum atomic E-state index is 13.9. The molecule has 0 fully saturated rings. The van der Waals surface area contributed by atoms with Crippen LogP contribution in [0, 0.1) is 11.6 Å². The quantitative estimate of drug-likeness (QED) is 0.654. The molecule has 0 unspecified atom stereocenters. The second kappa shape index (κ2) is 7.90. The number of carbonyl (C=O) groups is 1. The zero-order valence-electron chi connectivity index (χ0n) is 13.4. The molecule has 124 valence electrons. The fraction of sp³-hybridized carbons (Fsp3) is 0.562. The van der Waals surface area contributed by atoms with Gasteiger partial charge in [0.1, 0.15) is 17.2 Å². The molecule has 0 heterocycles. The average Bonchev–Trinajstić information content (AvgIpc) is 2.40. The van der Waals surface area contributed by atoms with Gasteiger partial charge in [-0.05, 0) is 55.3 Å². The van der Waals surface area contributed by atoms with E-state index in [4.69, 9.17) is 4.74 Å². The molecule has 1 aromatic carbocycles. The van der Waals surface area contributed by atoms with Crippen LogP contribution in [0.15, 0.2) is 16.6 Å². The van der Waals surface area contributed by atoms with Crippen molar-refractivity contribution in [3.63, 3.8) is 0 Å². The third-order valence-corrected chi connectivity index (χ3v) is 3.78. The number of rotatable bonds is 5. The standard InChI is InChI=1S/C16H22BrF2NO2/c1-5-6-9-20(15(21)22-16(2,3)4)10-11-12(18)7-8-13(19)14(11)17/h7-8H,5-6,9-10H2,1-4H3. The molecule has 0 aromatic heterocycles. The highest BCUT2D eigenvalue weighted by Crippen LogP contribution is 2.25. The first kappa shape index (κ1) is 18.9. The van der Waals surface area contributed by atoms with Crippen molar-refractivity contribution < 1.29 is 18.3 Å². The maximum absolute atomic E-state index is 13.9. The lowest BCUT2D eigenvalue weighted by Crippen LogP contribution is -2.37. The zero-order chi connectivity index (χ0) is 16.9. The van der Waals surface area contributed by atoms with Crippen molar-refractivity contribution in [2.45, 2.75) is 52.7 Å². The van der Waals surface area contributed by atoms with Gasteiger partial charge < -0.3 is 9.64 Å². The summed E-state index contributed by atoms with van der Waals surface area (Å²) < 4.78 is 32.9. The van der Waals surface area contributed by atoms with Crippen LogP contribution >= 0.6 is 15.9 Å². The Morgan fingerprint density at radius 3 is 2.41 bits per heavy atom. The first-order valence-electron chi connectivity index (χ1n) is 7.26. The molecule has 0 aliphatic carbocycles. The number of unbranched alkanes of at least 4 members (excludes halogenated alkanes) is 1. The van der Waals surface area contributed by atoms with E-state index in [0.717, 1.165) is 25.0 Å². The van der Waals surface area contributed by atoms with Gasteiger partial charge >= 0.3 is 6.09 Å². The number of amides is 1. The van der Waals surface area contributed by atoms with E-state index in [0.29, 0.717) is 6.54 Å². The molecule has 3 nitrogen and oxygen atoms in total. The summed E-state index contributed by atoms with van der Waals surface area (Å²) in [5.74, 6) is -1.12. The summed E-state index contributed by atoms with van der Waals surface area (Å²) in [5, 5.41) is 0. The van der Waals surface area contributed by atoms with Gasteiger partial charge in [0.25, 0.3) is 0 Å². The fourth-order valence-corrected chi connectivity index (χ4v) is 2.26. The van der Waals surface area contributed by atoms with Gasteiger partial charge in [0.15, 0.2) is 0 Å². The molecule has 0 spiro atoms. The molecule has 1 rings (SSSR count). The minimum Gasteiger partial charge on any atom is -0.444 e. The van der Waals surface area contributed by atoms with Gasteiger partial charge in [-0.1, -0.05) is 13.3 Å². The van der Waals surface area contributed by atoms with Crippen LogP contribution in [-0.4, -0.2) is 23.1 Å². The Hall–Kier alpha value is -1.17. The highest BCUT2D eigenvalue weighted by atomic mass is 79.9. The van der Waals surface area contributed by atoms with Crippen molar-refractivity contribution in [1.82, 2.24) is 4.90 Å². The van der Waals surface area contributed by atoms with E-state index in [-0.39, 0.29) is 16.6 Å². The van der Waals surface area contributed by atoms with Crippen LogP contribution in [0.3, 0.4) is 0 Å². The van der Waals surface area contributed by atoms with Gasteiger partial charge in [0.05, 0.1) is 11.0 Å². The van der Waals surface area contributed by atoms with Crippen LogP contribution in [0.5, 0.6) is 0 Å². The summed E-state index contributed by atoms with van der Waals surface area (Å²) in [6, 6.07) is 2.11. The van der Waals surface area contributed by atoms with E-state index in [9.17, 15) is 13.6 Å². The molecular formula is C16H22BrF2NO2. The zero-order valence-corrected chi connectivity index (χ0v) is 15.0. The molecule has 0 saturated carbocycles. The van der Waals surface area contributed by atoms with E-state index in [1.807, 2.05) is 6.92 Å². The lowest BCUT2D eigenvalue weighted by Gasteiger charge is -2.28. The molecule has 0 aliphatic rings. The molecule has 0 saturated heterocycles. The first-order chi connectivity index (χ1) is 10.2. The Kier molecular flexibility index (Phi) is 6.78. The summed E-state index contributed by atoms with van der Waals surface area (Å²) in [6.45, 7) is 7.67. The number of ether oxygens (including phenoxy) is 1. The lowest BCUT2D eigenvalue weighted by atomic mass is 10.2. The van der Waals surface area contributed by atoms with Crippen LogP contribution < -0.4 is 0 Å². The van der Waals surface area contributed by atoms with Crippen molar-refractivity contribution in [3.05, 3.63) is 33.8 Å². The molecule has 6 heteroatoms. The van der Waals surface area contributed by atoms with E-state index in [1.54, 1.807) is 20.8 Å². The second-order valence-electron chi connectivity index (χ2n) is 6.08. The largest absolute Gasteiger partial charge is 0.444 e. The first-order valence-corrected chi connectivity index (χ1v) is 8.05. The number of hydrogen-bond donors (Lipinski definition) is 0. The van der Waals surface area contributed by atoms with Gasteiger partial charge in [-0.15, -0.1) is 0 Å². The minimum absolute atomic E-state index is 0.0394. The second-order valence-corrected chi connectivity index (χ2v) is 6.87. The van der Waals surface area contributed by atoms with E-state index in [2.05, 4.69) is 15.9 Å². The van der Waals surface area contributed by atoms with Gasteiger partial charge in [-0.3, -0.25) is 0 Å². The molecule has 1 aromatic rings. The Balaban J connectivity index is 2.99. The normalized spacial score (nSPS) is 11.4. The van der Waals surface area contributed by atoms with Crippen molar-refractivity contribution in [1.29, 1.82) is 0 Å². The van der Waals surface area contributed by atoms with Gasteiger partial charge in [0.2, 0.25) is 0 Å². The Morgan fingerprint density at radius 1 is 1.27 bits per heavy atom. The molecule has 0 aliphatic heterocycles. The highest BCUT2D eigenvalue weighted by Gasteiger charge is 2.24. The molecule has 0 bridgehead atoms. The van der Waals surface area contributed by atoms with E-state index >= 15 is 0 Å². The van der Waals surface area contributed by atoms with Crippen LogP contribution in [0.1, 0.15) is 46.1 Å². The number of nitrogens with zero attached hydrogens (tertiary/aromatic N) is 1. The van der Waals surface area contributed by atoms with Crippen molar-refractivity contribution in [2.24, 2.45) is 0 Å². The van der Waals surface area contributed by atoms with E-state index in [1.165, 1.54) is 4.90 Å². The monoisotopic (exact) mass is 377 g/mol. The van der Waals surface area contributed by atoms with Crippen molar-refractivity contribution >= 4 is 22.0 Å². The van der Waals surface area contributed by atoms with Crippen LogP contribution in [0.25, 0.3) is 0 Å². The average molecular weight is 378 g/mol. The third-order valence-electron chi connectivity index (χ3n) is 2.92. The molecule has 22 heavy (non-hydrogen) atoms.